The van der Waals surface area contributed by atoms with Crippen molar-refractivity contribution in [2.45, 2.75) is 51.8 Å². The van der Waals surface area contributed by atoms with E-state index in [-0.39, 0.29) is 12.0 Å². The van der Waals surface area contributed by atoms with Crippen LogP contribution in [0.5, 0.6) is 0 Å². The summed E-state index contributed by atoms with van der Waals surface area (Å²) in [5, 5.41) is 6.51. The molecule has 0 aromatic rings. The van der Waals surface area contributed by atoms with E-state index in [1.165, 1.54) is 0 Å². The molecule has 1 saturated heterocycles. The van der Waals surface area contributed by atoms with Crippen LogP contribution in [0.3, 0.4) is 0 Å². The lowest BCUT2D eigenvalue weighted by atomic mass is 10.2. The van der Waals surface area contributed by atoms with E-state index in [1.54, 1.807) is 0 Å². The summed E-state index contributed by atoms with van der Waals surface area (Å²) in [6.45, 7) is 9.47. The highest BCUT2D eigenvalue weighted by Crippen LogP contribution is 2.09. The van der Waals surface area contributed by atoms with Crippen molar-refractivity contribution >= 4 is 5.97 Å². The summed E-state index contributed by atoms with van der Waals surface area (Å²) < 4.78 is 5.29. The minimum atomic E-state index is -0.402. The third kappa shape index (κ3) is 4.62. The molecule has 1 unspecified atom stereocenters. The number of carbonyl (C=O) groups excluding carboxylic acids is 1. The van der Waals surface area contributed by atoms with Crippen LogP contribution in [-0.4, -0.2) is 36.7 Å². The predicted octanol–water partition coefficient (Wildman–Crippen LogP) is 0.668. The molecule has 0 radical (unpaired) electrons. The van der Waals surface area contributed by atoms with Crippen molar-refractivity contribution in [3.05, 3.63) is 0 Å². The van der Waals surface area contributed by atoms with Gasteiger partial charge in [0.25, 0.3) is 0 Å². The Morgan fingerprint density at radius 2 is 2.20 bits per heavy atom. The maximum atomic E-state index is 11.6. The zero-order chi connectivity index (χ0) is 11.5. The highest BCUT2D eigenvalue weighted by Gasteiger charge is 2.24. The molecule has 1 heterocycles. The topological polar surface area (TPSA) is 50.4 Å². The number of carbonyl (C=O) groups is 1. The lowest BCUT2D eigenvalue weighted by Crippen LogP contribution is -2.45. The average molecular weight is 214 g/mol. The Hall–Kier alpha value is -0.610. The zero-order valence-electron chi connectivity index (χ0n) is 10.1. The number of rotatable bonds is 3. The van der Waals surface area contributed by atoms with Gasteiger partial charge >= 0.3 is 5.97 Å². The second kappa shape index (κ2) is 4.94. The van der Waals surface area contributed by atoms with Crippen molar-refractivity contribution in [1.82, 2.24) is 10.6 Å². The van der Waals surface area contributed by atoms with Crippen molar-refractivity contribution in [2.24, 2.45) is 0 Å². The summed E-state index contributed by atoms with van der Waals surface area (Å²) in [7, 11) is 0. The molecule has 1 rings (SSSR count). The van der Waals surface area contributed by atoms with Crippen LogP contribution >= 0.6 is 0 Å². The van der Waals surface area contributed by atoms with Crippen molar-refractivity contribution in [3.63, 3.8) is 0 Å². The van der Waals surface area contributed by atoms with E-state index in [0.717, 1.165) is 19.5 Å². The van der Waals surface area contributed by atoms with E-state index >= 15 is 0 Å². The molecule has 0 spiro atoms. The second-order valence-corrected chi connectivity index (χ2v) is 5.11. The van der Waals surface area contributed by atoms with Crippen LogP contribution in [0.4, 0.5) is 0 Å². The summed E-state index contributed by atoms with van der Waals surface area (Å²) in [5.74, 6) is -0.172. The molecule has 2 atom stereocenters. The molecule has 0 bridgehead atoms. The molecule has 88 valence electrons. The molecule has 1 aliphatic heterocycles. The van der Waals surface area contributed by atoms with Crippen LogP contribution in [0.25, 0.3) is 0 Å². The number of hydrogen-bond acceptors (Lipinski definition) is 4. The van der Waals surface area contributed by atoms with E-state index in [9.17, 15) is 4.79 Å². The van der Waals surface area contributed by atoms with Gasteiger partial charge in [-0.2, -0.15) is 0 Å². The molecule has 1 aliphatic rings. The van der Waals surface area contributed by atoms with Gasteiger partial charge in [0.05, 0.1) is 0 Å². The number of esters is 1. The van der Waals surface area contributed by atoms with Crippen LogP contribution in [-0.2, 0) is 9.53 Å². The normalized spacial score (nSPS) is 23.9. The Labute approximate surface area is 91.8 Å². The molecule has 0 aliphatic carbocycles. The summed E-state index contributed by atoms with van der Waals surface area (Å²) >= 11 is 0. The fourth-order valence-corrected chi connectivity index (χ4v) is 1.61. The molecule has 4 heteroatoms. The molecule has 0 aromatic carbocycles. The van der Waals surface area contributed by atoms with Gasteiger partial charge in [-0.3, -0.25) is 4.79 Å². The van der Waals surface area contributed by atoms with E-state index in [1.807, 2.05) is 27.7 Å². The molecule has 0 saturated carbocycles. The molecule has 2 N–H and O–H groups in total. The number of nitrogens with one attached hydrogen (secondary N) is 2. The van der Waals surface area contributed by atoms with Crippen LogP contribution in [0, 0.1) is 0 Å². The van der Waals surface area contributed by atoms with Gasteiger partial charge in [-0.25, -0.2) is 0 Å². The van der Waals surface area contributed by atoms with Gasteiger partial charge in [-0.1, -0.05) is 0 Å². The van der Waals surface area contributed by atoms with Gasteiger partial charge < -0.3 is 15.4 Å². The SMILES string of the molecule is CC(N[C@H]1CCNC1)C(=O)OC(C)(C)C. The smallest absolute Gasteiger partial charge is 0.323 e. The second-order valence-electron chi connectivity index (χ2n) is 5.11. The first-order valence-electron chi connectivity index (χ1n) is 5.58. The molecule has 0 amide bonds. The van der Waals surface area contributed by atoms with Gasteiger partial charge in [-0.05, 0) is 40.7 Å². The molecule has 4 nitrogen and oxygen atoms in total. The van der Waals surface area contributed by atoms with Gasteiger partial charge in [0, 0.05) is 12.6 Å². The third-order valence-electron chi connectivity index (χ3n) is 2.31. The van der Waals surface area contributed by atoms with Crippen molar-refractivity contribution < 1.29 is 9.53 Å². The first-order chi connectivity index (χ1) is 6.88. The predicted molar refractivity (Wildman–Crippen MR) is 59.7 cm³/mol. The van der Waals surface area contributed by atoms with Crippen LogP contribution < -0.4 is 10.6 Å². The van der Waals surface area contributed by atoms with E-state index < -0.39 is 5.60 Å². The Balaban J connectivity index is 2.32. The summed E-state index contributed by atoms with van der Waals surface area (Å²) in [6.07, 6.45) is 1.08. The molecular weight excluding hydrogens is 192 g/mol. The van der Waals surface area contributed by atoms with E-state index in [2.05, 4.69) is 10.6 Å². The Morgan fingerprint density at radius 3 is 2.67 bits per heavy atom. The van der Waals surface area contributed by atoms with Gasteiger partial charge in [0.15, 0.2) is 0 Å². The highest BCUT2D eigenvalue weighted by molar-refractivity contribution is 5.75. The quantitative estimate of drug-likeness (QED) is 0.678. The average Bonchev–Trinajstić information content (AvgIpc) is 2.53. The Kier molecular flexibility index (Phi) is 4.11. The summed E-state index contributed by atoms with van der Waals surface area (Å²) in [5.41, 5.74) is -0.402. The van der Waals surface area contributed by atoms with Gasteiger partial charge in [0.2, 0.25) is 0 Å². The molecule has 1 fully saturated rings. The lowest BCUT2D eigenvalue weighted by Gasteiger charge is -2.24. The maximum Gasteiger partial charge on any atom is 0.323 e. The lowest BCUT2D eigenvalue weighted by molar-refractivity contribution is -0.157. The van der Waals surface area contributed by atoms with Crippen LogP contribution in [0.2, 0.25) is 0 Å². The first-order valence-corrected chi connectivity index (χ1v) is 5.58. The van der Waals surface area contributed by atoms with E-state index in [0.29, 0.717) is 6.04 Å². The van der Waals surface area contributed by atoms with Crippen molar-refractivity contribution in [1.29, 1.82) is 0 Å². The zero-order valence-corrected chi connectivity index (χ0v) is 10.1. The highest BCUT2D eigenvalue weighted by atomic mass is 16.6. The number of hydrogen-bond donors (Lipinski definition) is 2. The first kappa shape index (κ1) is 12.5. The van der Waals surface area contributed by atoms with E-state index in [4.69, 9.17) is 4.74 Å². The molecular formula is C11H22N2O2. The minimum Gasteiger partial charge on any atom is -0.459 e. The molecule has 15 heavy (non-hydrogen) atoms. The van der Waals surface area contributed by atoms with Crippen molar-refractivity contribution in [2.75, 3.05) is 13.1 Å². The van der Waals surface area contributed by atoms with Crippen LogP contribution in [0.1, 0.15) is 34.1 Å². The van der Waals surface area contributed by atoms with Crippen LogP contribution in [0.15, 0.2) is 0 Å². The fraction of sp³-hybridized carbons (Fsp3) is 0.909. The standard InChI is InChI=1S/C11H22N2O2/c1-8(10(14)15-11(2,3)4)13-9-5-6-12-7-9/h8-9,12-13H,5-7H2,1-4H3/t8?,9-/m0/s1. The van der Waals surface area contributed by atoms with Crippen molar-refractivity contribution in [3.8, 4) is 0 Å². The Morgan fingerprint density at radius 1 is 1.53 bits per heavy atom. The van der Waals surface area contributed by atoms with Gasteiger partial charge in [0.1, 0.15) is 11.6 Å². The Bertz CT molecular complexity index is 217. The number of ether oxygens (including phenoxy) is 1. The monoisotopic (exact) mass is 214 g/mol. The minimum absolute atomic E-state index is 0.172. The maximum absolute atomic E-state index is 11.6. The largest absolute Gasteiger partial charge is 0.459 e. The summed E-state index contributed by atoms with van der Waals surface area (Å²) in [6, 6.07) is 0.168. The van der Waals surface area contributed by atoms with Gasteiger partial charge in [-0.15, -0.1) is 0 Å². The molecule has 0 aromatic heterocycles. The fourth-order valence-electron chi connectivity index (χ4n) is 1.61. The third-order valence-corrected chi connectivity index (χ3v) is 2.31. The summed E-state index contributed by atoms with van der Waals surface area (Å²) in [4.78, 5) is 11.6.